The SMILES string of the molecule is O=C(OC1C=CC2C3C1C23)c1ccc([N+](=O)[O-])cc1. The summed E-state index contributed by atoms with van der Waals surface area (Å²) in [6.45, 7) is 0. The van der Waals surface area contributed by atoms with Crippen molar-refractivity contribution in [3.8, 4) is 0 Å². The number of ether oxygens (including phenoxy) is 1. The topological polar surface area (TPSA) is 69.4 Å². The largest absolute Gasteiger partial charge is 0.454 e. The molecular weight excluding hydrogens is 246 g/mol. The van der Waals surface area contributed by atoms with Crippen LogP contribution in [-0.4, -0.2) is 17.0 Å². The van der Waals surface area contributed by atoms with Crippen LogP contribution in [0.3, 0.4) is 0 Å². The van der Waals surface area contributed by atoms with Crippen molar-refractivity contribution in [2.45, 2.75) is 6.10 Å². The molecule has 0 N–H and O–H groups in total. The number of fused-ring (bicyclic) bond motifs is 1. The van der Waals surface area contributed by atoms with Crippen LogP contribution >= 0.6 is 0 Å². The molecule has 2 bridgehead atoms. The Morgan fingerprint density at radius 1 is 1.11 bits per heavy atom. The molecule has 0 spiro atoms. The number of nitrogens with zero attached hydrogens (tertiary/aromatic N) is 1. The van der Waals surface area contributed by atoms with Crippen molar-refractivity contribution < 1.29 is 14.5 Å². The molecule has 4 aliphatic rings. The first kappa shape index (κ1) is 10.7. The molecule has 3 atom stereocenters. The molecule has 0 amide bonds. The number of nitro benzene ring substituents is 1. The molecule has 5 nitrogen and oxygen atoms in total. The van der Waals surface area contributed by atoms with E-state index < -0.39 is 10.9 Å². The van der Waals surface area contributed by atoms with Crippen molar-refractivity contribution in [1.29, 1.82) is 0 Å². The molecule has 0 aliphatic heterocycles. The first-order chi connectivity index (χ1) is 9.16. The van der Waals surface area contributed by atoms with Crippen molar-refractivity contribution in [1.82, 2.24) is 0 Å². The number of benzene rings is 1. The number of rotatable bonds is 3. The van der Waals surface area contributed by atoms with Gasteiger partial charge < -0.3 is 4.74 Å². The number of esters is 1. The van der Waals surface area contributed by atoms with Gasteiger partial charge in [0.15, 0.2) is 0 Å². The van der Waals surface area contributed by atoms with E-state index in [2.05, 4.69) is 6.08 Å². The number of carbonyl (C=O) groups is 1. The van der Waals surface area contributed by atoms with Crippen LogP contribution in [0.1, 0.15) is 10.4 Å². The zero-order chi connectivity index (χ0) is 13.1. The molecule has 4 aliphatic carbocycles. The number of carbonyl (C=O) groups excluding carboxylic acids is 1. The second-order valence-electron chi connectivity index (χ2n) is 5.37. The van der Waals surface area contributed by atoms with E-state index in [1.54, 1.807) is 0 Å². The second-order valence-corrected chi connectivity index (χ2v) is 5.37. The standard InChI is InChI=1S/C14H11NO4/c16-14(7-1-3-8(4-2-7)15(17)18)19-10-6-5-9-11-12(9)13(10)11/h1-6,9-13H. The molecule has 3 unspecified atom stereocenters. The van der Waals surface area contributed by atoms with E-state index >= 15 is 0 Å². The third-order valence-corrected chi connectivity index (χ3v) is 4.40. The minimum Gasteiger partial charge on any atom is -0.454 e. The van der Waals surface area contributed by atoms with Crippen molar-refractivity contribution in [3.63, 3.8) is 0 Å². The first-order valence-electron chi connectivity index (χ1n) is 6.30. The molecule has 96 valence electrons. The molecule has 2 fully saturated rings. The molecule has 1 aromatic carbocycles. The van der Waals surface area contributed by atoms with Gasteiger partial charge in [-0.1, -0.05) is 6.08 Å². The summed E-state index contributed by atoms with van der Waals surface area (Å²) in [7, 11) is 0. The lowest BCUT2D eigenvalue weighted by molar-refractivity contribution is -0.384. The summed E-state index contributed by atoms with van der Waals surface area (Å²) in [4.78, 5) is 22.0. The minimum absolute atomic E-state index is 0.0274. The Labute approximate surface area is 109 Å². The molecule has 1 aromatic rings. The molecule has 0 saturated heterocycles. The van der Waals surface area contributed by atoms with Crippen LogP contribution in [0.15, 0.2) is 36.4 Å². The normalized spacial score (nSPS) is 36.3. The Morgan fingerprint density at radius 3 is 2.37 bits per heavy atom. The van der Waals surface area contributed by atoms with Crippen LogP contribution in [-0.2, 0) is 4.74 Å². The van der Waals surface area contributed by atoms with Gasteiger partial charge >= 0.3 is 5.97 Å². The van der Waals surface area contributed by atoms with Gasteiger partial charge in [-0.25, -0.2) is 4.79 Å². The van der Waals surface area contributed by atoms with Gasteiger partial charge in [0.1, 0.15) is 6.10 Å². The Morgan fingerprint density at radius 2 is 1.79 bits per heavy atom. The highest BCUT2D eigenvalue weighted by Gasteiger charge is 2.76. The van der Waals surface area contributed by atoms with Crippen LogP contribution in [0.4, 0.5) is 5.69 Å². The highest BCUT2D eigenvalue weighted by Crippen LogP contribution is 2.77. The molecule has 5 heteroatoms. The number of allylic oxidation sites excluding steroid dienone is 1. The van der Waals surface area contributed by atoms with Gasteiger partial charge in [0.25, 0.3) is 5.69 Å². The zero-order valence-corrected chi connectivity index (χ0v) is 9.93. The van der Waals surface area contributed by atoms with Crippen LogP contribution in [0.5, 0.6) is 0 Å². The summed E-state index contributed by atoms with van der Waals surface area (Å²) >= 11 is 0. The van der Waals surface area contributed by atoms with Gasteiger partial charge in [-0.2, -0.15) is 0 Å². The smallest absolute Gasteiger partial charge is 0.338 e. The predicted octanol–water partition coefficient (Wildman–Crippen LogP) is 2.18. The quantitative estimate of drug-likeness (QED) is 0.360. The lowest BCUT2D eigenvalue weighted by Gasteiger charge is -2.23. The van der Waals surface area contributed by atoms with Crippen molar-refractivity contribution in [2.24, 2.45) is 23.7 Å². The monoisotopic (exact) mass is 257 g/mol. The average Bonchev–Trinajstić information content (AvgIpc) is 3.30. The molecule has 19 heavy (non-hydrogen) atoms. The van der Waals surface area contributed by atoms with Gasteiger partial charge in [-0.15, -0.1) is 0 Å². The highest BCUT2D eigenvalue weighted by molar-refractivity contribution is 5.89. The van der Waals surface area contributed by atoms with Crippen LogP contribution in [0.2, 0.25) is 0 Å². The second kappa shape index (κ2) is 3.44. The van der Waals surface area contributed by atoms with E-state index in [-0.39, 0.29) is 11.8 Å². The molecular formula is C14H11NO4. The van der Waals surface area contributed by atoms with Crippen LogP contribution < -0.4 is 0 Å². The van der Waals surface area contributed by atoms with E-state index in [0.29, 0.717) is 11.5 Å². The van der Waals surface area contributed by atoms with E-state index in [1.165, 1.54) is 24.3 Å². The van der Waals surface area contributed by atoms with E-state index in [9.17, 15) is 14.9 Å². The molecule has 0 radical (unpaired) electrons. The van der Waals surface area contributed by atoms with Crippen LogP contribution in [0, 0.1) is 33.8 Å². The fourth-order valence-electron chi connectivity index (χ4n) is 3.23. The van der Waals surface area contributed by atoms with Crippen molar-refractivity contribution in [3.05, 3.63) is 52.1 Å². The molecule has 2 saturated carbocycles. The summed E-state index contributed by atoms with van der Waals surface area (Å²) in [5, 5.41) is 10.5. The van der Waals surface area contributed by atoms with Gasteiger partial charge in [0.2, 0.25) is 0 Å². The Kier molecular flexibility index (Phi) is 1.94. The van der Waals surface area contributed by atoms with E-state index in [1.807, 2.05) is 6.08 Å². The summed E-state index contributed by atoms with van der Waals surface area (Å²) in [5.41, 5.74) is 0.329. The third kappa shape index (κ3) is 1.51. The lowest BCUT2D eigenvalue weighted by atomic mass is 9.92. The maximum absolute atomic E-state index is 11.9. The maximum Gasteiger partial charge on any atom is 0.338 e. The van der Waals surface area contributed by atoms with Crippen molar-refractivity contribution >= 4 is 11.7 Å². The summed E-state index contributed by atoms with van der Waals surface area (Å²) in [6.07, 6.45) is 4.00. The number of nitro groups is 1. The Balaban J connectivity index is 1.46. The van der Waals surface area contributed by atoms with Gasteiger partial charge in [-0.3, -0.25) is 10.1 Å². The summed E-state index contributed by atoms with van der Waals surface area (Å²) in [5.74, 6) is 2.37. The van der Waals surface area contributed by atoms with Crippen LogP contribution in [0.25, 0.3) is 0 Å². The molecule has 5 rings (SSSR count). The fraction of sp³-hybridized carbons (Fsp3) is 0.357. The van der Waals surface area contributed by atoms with Gasteiger partial charge in [-0.05, 0) is 36.0 Å². The molecule has 0 heterocycles. The van der Waals surface area contributed by atoms with E-state index in [4.69, 9.17) is 4.74 Å². The van der Waals surface area contributed by atoms with Crippen molar-refractivity contribution in [2.75, 3.05) is 0 Å². The predicted molar refractivity (Wildman–Crippen MR) is 65.4 cm³/mol. The molecule has 0 aromatic heterocycles. The third-order valence-electron chi connectivity index (χ3n) is 4.40. The zero-order valence-electron chi connectivity index (χ0n) is 9.93. The summed E-state index contributed by atoms with van der Waals surface area (Å²) < 4.78 is 5.45. The Bertz CT molecular complexity index is 596. The van der Waals surface area contributed by atoms with Gasteiger partial charge in [0, 0.05) is 18.1 Å². The average molecular weight is 257 g/mol. The maximum atomic E-state index is 11.9. The lowest BCUT2D eigenvalue weighted by Crippen LogP contribution is -2.26. The number of non-ortho nitro benzene ring substituents is 1. The minimum atomic E-state index is -0.489. The van der Waals surface area contributed by atoms with Gasteiger partial charge in [0.05, 0.1) is 10.5 Å². The van der Waals surface area contributed by atoms with E-state index in [0.717, 1.165) is 17.8 Å². The number of hydrogen-bond donors (Lipinski definition) is 0. The first-order valence-corrected chi connectivity index (χ1v) is 6.30. The highest BCUT2D eigenvalue weighted by atomic mass is 16.6. The fourth-order valence-corrected chi connectivity index (χ4v) is 3.23. The summed E-state index contributed by atoms with van der Waals surface area (Å²) in [6, 6.07) is 5.50. The number of hydrogen-bond acceptors (Lipinski definition) is 4. The Hall–Kier alpha value is -2.17.